The molecule has 1 aromatic rings. The predicted molar refractivity (Wildman–Crippen MR) is 124 cm³/mol. The Morgan fingerprint density at radius 3 is 2.75 bits per heavy atom. The second-order valence-electron chi connectivity index (χ2n) is 8.92. The van der Waals surface area contributed by atoms with Crippen LogP contribution in [0.2, 0.25) is 5.02 Å². The molecule has 2 saturated heterocycles. The predicted octanol–water partition coefficient (Wildman–Crippen LogP) is 3.04. The fraction of sp³-hybridized carbons (Fsp3) is 0.583. The summed E-state index contributed by atoms with van der Waals surface area (Å²) in [6.45, 7) is 6.98. The molecule has 2 amide bonds. The van der Waals surface area contributed by atoms with Crippen molar-refractivity contribution in [2.24, 2.45) is 5.92 Å². The number of nitrogens with zero attached hydrogens (tertiary/aromatic N) is 3. The van der Waals surface area contributed by atoms with Gasteiger partial charge in [-0.25, -0.2) is 4.39 Å². The van der Waals surface area contributed by atoms with E-state index in [2.05, 4.69) is 11.8 Å². The molecule has 32 heavy (non-hydrogen) atoms. The lowest BCUT2D eigenvalue weighted by Crippen LogP contribution is -2.42. The number of hydrogen-bond acceptors (Lipinski definition) is 4. The Labute approximate surface area is 194 Å². The Hall–Kier alpha value is -1.96. The first-order valence-electron chi connectivity index (χ1n) is 11.4. The third kappa shape index (κ3) is 7.29. The molecule has 0 spiro atoms. The highest BCUT2D eigenvalue weighted by Gasteiger charge is 2.24. The number of benzene rings is 1. The number of piperidine rings is 1. The van der Waals surface area contributed by atoms with Crippen molar-refractivity contribution in [1.29, 1.82) is 0 Å². The molecule has 1 aromatic carbocycles. The first-order valence-corrected chi connectivity index (χ1v) is 11.8. The van der Waals surface area contributed by atoms with Gasteiger partial charge in [-0.1, -0.05) is 24.6 Å². The maximum atomic E-state index is 13.3. The van der Waals surface area contributed by atoms with Crippen molar-refractivity contribution >= 4 is 29.5 Å². The van der Waals surface area contributed by atoms with Crippen LogP contribution in [0.4, 0.5) is 4.39 Å². The summed E-state index contributed by atoms with van der Waals surface area (Å²) in [5.74, 6) is -0.0672. The van der Waals surface area contributed by atoms with Crippen LogP contribution in [0.5, 0.6) is 0 Å². The Kier molecular flexibility index (Phi) is 9.08. The Balaban J connectivity index is 1.42. The maximum Gasteiger partial charge on any atom is 0.246 e. The van der Waals surface area contributed by atoms with Crippen molar-refractivity contribution in [3.05, 3.63) is 40.7 Å². The standard InChI is InChI=1S/C24H33ClFN3O3/c1-18-14-20(30)17-27(16-18)9-2-3-10-28-12-13-29(11-8-24(28)32)23(31)7-5-19-4-6-22(26)21(25)15-19/h4-7,15,18,20,30H,2-3,8-14,16-17H2,1H3/b7-5+. The van der Waals surface area contributed by atoms with Crippen LogP contribution >= 0.6 is 11.6 Å². The molecule has 2 unspecified atom stereocenters. The molecule has 2 aliphatic rings. The quantitative estimate of drug-likeness (QED) is 0.496. The van der Waals surface area contributed by atoms with Gasteiger partial charge in [-0.3, -0.25) is 9.59 Å². The van der Waals surface area contributed by atoms with Crippen molar-refractivity contribution in [3.8, 4) is 0 Å². The van der Waals surface area contributed by atoms with E-state index in [-0.39, 0.29) is 22.9 Å². The summed E-state index contributed by atoms with van der Waals surface area (Å²) in [4.78, 5) is 30.9. The van der Waals surface area contributed by atoms with E-state index in [9.17, 15) is 19.1 Å². The van der Waals surface area contributed by atoms with Gasteiger partial charge >= 0.3 is 0 Å². The lowest BCUT2D eigenvalue weighted by Gasteiger charge is -2.34. The van der Waals surface area contributed by atoms with E-state index in [0.717, 1.165) is 38.9 Å². The second kappa shape index (κ2) is 11.8. The SMILES string of the molecule is CC1CC(O)CN(CCCCN2CCN(C(=O)/C=C/c3ccc(F)c(Cl)c3)CCC2=O)C1. The van der Waals surface area contributed by atoms with Gasteiger partial charge in [-0.15, -0.1) is 0 Å². The Morgan fingerprint density at radius 2 is 2.00 bits per heavy atom. The second-order valence-corrected chi connectivity index (χ2v) is 9.33. The zero-order chi connectivity index (χ0) is 23.1. The number of amides is 2. The molecule has 0 aromatic heterocycles. The van der Waals surface area contributed by atoms with E-state index in [0.29, 0.717) is 44.1 Å². The molecular weight excluding hydrogens is 433 g/mol. The highest BCUT2D eigenvalue weighted by atomic mass is 35.5. The van der Waals surface area contributed by atoms with E-state index in [1.807, 2.05) is 4.90 Å². The monoisotopic (exact) mass is 465 g/mol. The number of aliphatic hydroxyl groups excluding tert-OH is 1. The first kappa shape index (κ1) is 24.7. The number of likely N-dealkylation sites (tertiary alicyclic amines) is 1. The summed E-state index contributed by atoms with van der Waals surface area (Å²) < 4.78 is 13.3. The van der Waals surface area contributed by atoms with Crippen LogP contribution < -0.4 is 0 Å². The summed E-state index contributed by atoms with van der Waals surface area (Å²) in [6, 6.07) is 4.30. The third-order valence-electron chi connectivity index (χ3n) is 6.13. The fourth-order valence-electron chi connectivity index (χ4n) is 4.46. The van der Waals surface area contributed by atoms with Gasteiger partial charge in [0.1, 0.15) is 5.82 Å². The number of β-amino-alcohol motifs (C(OH)–C–C–N with tert-alkyl or cyclic N) is 1. The van der Waals surface area contributed by atoms with E-state index < -0.39 is 5.82 Å². The number of carbonyl (C=O) groups excluding carboxylic acids is 2. The van der Waals surface area contributed by atoms with E-state index in [1.165, 1.54) is 18.2 Å². The van der Waals surface area contributed by atoms with Crippen molar-refractivity contribution < 1.29 is 19.1 Å². The van der Waals surface area contributed by atoms with Gasteiger partial charge in [0.2, 0.25) is 11.8 Å². The molecule has 0 aliphatic carbocycles. The van der Waals surface area contributed by atoms with Crippen LogP contribution in [0.25, 0.3) is 6.08 Å². The number of unbranched alkanes of at least 4 members (excludes halogenated alkanes) is 1. The topological polar surface area (TPSA) is 64.1 Å². The number of carbonyl (C=O) groups is 2. The van der Waals surface area contributed by atoms with Crippen LogP contribution in [0.3, 0.4) is 0 Å². The number of halogens is 2. The van der Waals surface area contributed by atoms with Gasteiger partial charge in [0.15, 0.2) is 0 Å². The van der Waals surface area contributed by atoms with Crippen molar-refractivity contribution in [3.63, 3.8) is 0 Å². The number of aliphatic hydroxyl groups is 1. The Morgan fingerprint density at radius 1 is 1.22 bits per heavy atom. The molecule has 2 aliphatic heterocycles. The van der Waals surface area contributed by atoms with Crippen molar-refractivity contribution in [2.45, 2.75) is 38.7 Å². The van der Waals surface area contributed by atoms with Gasteiger partial charge in [-0.2, -0.15) is 0 Å². The van der Waals surface area contributed by atoms with Crippen molar-refractivity contribution in [2.75, 3.05) is 45.8 Å². The molecule has 2 heterocycles. The minimum absolute atomic E-state index is 0.0154. The molecular formula is C24H33ClFN3O3. The minimum Gasteiger partial charge on any atom is -0.392 e. The molecule has 176 valence electrons. The molecule has 6 nitrogen and oxygen atoms in total. The van der Waals surface area contributed by atoms with Gasteiger partial charge in [-0.05, 0) is 55.5 Å². The first-order chi connectivity index (χ1) is 15.3. The van der Waals surface area contributed by atoms with Gasteiger partial charge in [0.05, 0.1) is 11.1 Å². The van der Waals surface area contributed by atoms with Gasteiger partial charge in [0, 0.05) is 51.8 Å². The summed E-state index contributed by atoms with van der Waals surface area (Å²) in [6.07, 6.45) is 5.90. The highest BCUT2D eigenvalue weighted by molar-refractivity contribution is 6.30. The van der Waals surface area contributed by atoms with Crippen LogP contribution in [-0.4, -0.2) is 83.5 Å². The molecule has 0 saturated carbocycles. The average Bonchev–Trinajstić information content (AvgIpc) is 2.93. The molecule has 0 bridgehead atoms. The lowest BCUT2D eigenvalue weighted by molar-refractivity contribution is -0.130. The molecule has 1 N–H and O–H groups in total. The van der Waals surface area contributed by atoms with Gasteiger partial charge < -0.3 is 19.8 Å². The summed E-state index contributed by atoms with van der Waals surface area (Å²) in [7, 11) is 0. The minimum atomic E-state index is -0.496. The van der Waals surface area contributed by atoms with E-state index in [1.54, 1.807) is 17.0 Å². The molecule has 3 rings (SSSR count). The fourth-order valence-corrected chi connectivity index (χ4v) is 4.65. The maximum absolute atomic E-state index is 13.3. The van der Waals surface area contributed by atoms with E-state index in [4.69, 9.17) is 11.6 Å². The summed E-state index contributed by atoms with van der Waals surface area (Å²) in [5, 5.41) is 9.93. The van der Waals surface area contributed by atoms with Crippen molar-refractivity contribution in [1.82, 2.24) is 14.7 Å². The molecule has 2 atom stereocenters. The van der Waals surface area contributed by atoms with E-state index >= 15 is 0 Å². The summed E-state index contributed by atoms with van der Waals surface area (Å²) in [5.41, 5.74) is 0.646. The number of rotatable bonds is 7. The highest BCUT2D eigenvalue weighted by Crippen LogP contribution is 2.18. The van der Waals surface area contributed by atoms with Crippen LogP contribution in [0.15, 0.2) is 24.3 Å². The zero-order valence-electron chi connectivity index (χ0n) is 18.7. The van der Waals surface area contributed by atoms with Gasteiger partial charge in [0.25, 0.3) is 0 Å². The van der Waals surface area contributed by atoms with Crippen LogP contribution in [-0.2, 0) is 9.59 Å². The molecule has 0 radical (unpaired) electrons. The zero-order valence-corrected chi connectivity index (χ0v) is 19.4. The third-order valence-corrected chi connectivity index (χ3v) is 6.42. The molecule has 2 fully saturated rings. The Bertz CT molecular complexity index is 825. The lowest BCUT2D eigenvalue weighted by atomic mass is 9.98. The average molecular weight is 466 g/mol. The number of hydrogen-bond donors (Lipinski definition) is 1. The van der Waals surface area contributed by atoms with Crippen LogP contribution in [0, 0.1) is 11.7 Å². The largest absolute Gasteiger partial charge is 0.392 e. The van der Waals surface area contributed by atoms with Crippen LogP contribution in [0.1, 0.15) is 38.2 Å². The molecule has 8 heteroatoms. The summed E-state index contributed by atoms with van der Waals surface area (Å²) >= 11 is 5.78. The smallest absolute Gasteiger partial charge is 0.246 e. The normalized spacial score (nSPS) is 23.1.